The fourth-order valence-corrected chi connectivity index (χ4v) is 4.51. The molecule has 0 fully saturated rings. The Hall–Kier alpha value is -3.07. The molecule has 0 aliphatic carbocycles. The summed E-state index contributed by atoms with van der Waals surface area (Å²) in [6.45, 7) is 7.45. The maximum atomic E-state index is 13.0. The van der Waals surface area contributed by atoms with Gasteiger partial charge in [-0.05, 0) is 51.5 Å². The summed E-state index contributed by atoms with van der Waals surface area (Å²) in [5.41, 5.74) is -0.230. The highest BCUT2D eigenvalue weighted by molar-refractivity contribution is 7.62. The molecule has 0 bridgehead atoms. The Morgan fingerprint density at radius 3 is 2.38 bits per heavy atom. The molecule has 0 spiro atoms. The van der Waals surface area contributed by atoms with Crippen LogP contribution in [0.15, 0.2) is 48.9 Å². The van der Waals surface area contributed by atoms with Gasteiger partial charge in [0.2, 0.25) is 11.8 Å². The molecule has 0 radical (unpaired) electrons. The van der Waals surface area contributed by atoms with Crippen LogP contribution in [0.1, 0.15) is 33.3 Å². The third-order valence-electron chi connectivity index (χ3n) is 4.78. The molecule has 10 nitrogen and oxygen atoms in total. The van der Waals surface area contributed by atoms with Crippen molar-refractivity contribution >= 4 is 24.5 Å². The van der Waals surface area contributed by atoms with Crippen molar-refractivity contribution in [3.63, 3.8) is 0 Å². The number of carbonyl (C=O) groups is 1. The summed E-state index contributed by atoms with van der Waals surface area (Å²) in [7, 11) is -3.41. The van der Waals surface area contributed by atoms with Crippen LogP contribution in [0.3, 0.4) is 0 Å². The van der Waals surface area contributed by atoms with Gasteiger partial charge < -0.3 is 19.5 Å². The van der Waals surface area contributed by atoms with Gasteiger partial charge in [0.05, 0.1) is 30.1 Å². The van der Waals surface area contributed by atoms with Gasteiger partial charge in [-0.15, -0.1) is 0 Å². The molecule has 0 saturated heterocycles. The van der Waals surface area contributed by atoms with Crippen molar-refractivity contribution in [3.8, 4) is 11.8 Å². The molecule has 3 aromatic rings. The first-order chi connectivity index (χ1) is 15.2. The van der Waals surface area contributed by atoms with Crippen molar-refractivity contribution in [2.24, 2.45) is 0 Å². The first-order valence-corrected chi connectivity index (χ1v) is 11.6. The lowest BCUT2D eigenvalue weighted by atomic mass is 9.83. The zero-order valence-corrected chi connectivity index (χ0v) is 19.2. The van der Waals surface area contributed by atoms with Crippen LogP contribution in [0.2, 0.25) is 0 Å². The highest BCUT2D eigenvalue weighted by Crippen LogP contribution is 2.47. The number of amides is 1. The first kappa shape index (κ1) is 23.6. The minimum absolute atomic E-state index is 0.0767. The fraction of sp³-hybridized carbons (Fsp3) is 0.333. The Morgan fingerprint density at radius 1 is 1.19 bits per heavy atom. The smallest absolute Gasteiger partial charge is 0.361 e. The normalized spacial score (nSPS) is 12.0. The minimum atomic E-state index is -3.41. The third kappa shape index (κ3) is 4.88. The topological polar surface area (TPSA) is 128 Å². The van der Waals surface area contributed by atoms with E-state index in [0.717, 1.165) is 0 Å². The van der Waals surface area contributed by atoms with E-state index in [4.69, 9.17) is 9.05 Å². The van der Waals surface area contributed by atoms with Crippen LogP contribution in [0.4, 0.5) is 5.69 Å². The lowest BCUT2D eigenvalue weighted by Crippen LogP contribution is -2.35. The molecule has 0 atom stereocenters. The van der Waals surface area contributed by atoms with Crippen LogP contribution < -0.4 is 10.6 Å². The molecule has 3 rings (SSSR count). The number of hydrogen-bond donors (Lipinski definition) is 2. The number of aromatic hydroxyl groups is 1. The molecule has 1 amide bonds. The standard InChI is InChI=1S/C21H26N5O5P/c1-5-30-32(29,31-6-2)16-10-8-15(9-11-16)21(3,4)19(28)24-17-14-22-20(25-18(17)27)26-13-7-12-23-26/h7-14H,5-6H2,1-4H3,(H,24,28)(H,22,25,27). The number of aromatic nitrogens is 4. The van der Waals surface area contributed by atoms with E-state index in [-0.39, 0.29) is 36.6 Å². The van der Waals surface area contributed by atoms with Crippen LogP contribution in [0.5, 0.6) is 5.88 Å². The van der Waals surface area contributed by atoms with Gasteiger partial charge in [-0.2, -0.15) is 10.1 Å². The number of nitrogens with one attached hydrogen (secondary N) is 1. The number of carbonyl (C=O) groups excluding carboxylic acids is 1. The molecule has 0 unspecified atom stereocenters. The second kappa shape index (κ2) is 9.60. The van der Waals surface area contributed by atoms with Crippen LogP contribution in [-0.4, -0.2) is 44.0 Å². The maximum absolute atomic E-state index is 13.0. The van der Waals surface area contributed by atoms with Crippen LogP contribution in [0.25, 0.3) is 5.95 Å². The molecule has 0 aliphatic rings. The van der Waals surface area contributed by atoms with Crippen LogP contribution in [0, 0.1) is 0 Å². The van der Waals surface area contributed by atoms with Crippen molar-refractivity contribution in [3.05, 3.63) is 54.5 Å². The molecule has 0 aliphatic heterocycles. The summed E-state index contributed by atoms with van der Waals surface area (Å²) >= 11 is 0. The molecule has 170 valence electrons. The van der Waals surface area contributed by atoms with Gasteiger partial charge in [-0.1, -0.05) is 12.1 Å². The maximum Gasteiger partial charge on any atom is 0.361 e. The average Bonchev–Trinajstić information content (AvgIpc) is 3.30. The summed E-state index contributed by atoms with van der Waals surface area (Å²) in [6, 6.07) is 8.38. The second-order valence-electron chi connectivity index (χ2n) is 7.32. The molecule has 32 heavy (non-hydrogen) atoms. The third-order valence-corrected chi connectivity index (χ3v) is 6.91. The second-order valence-corrected chi connectivity index (χ2v) is 9.34. The number of anilines is 1. The van der Waals surface area contributed by atoms with Crippen LogP contribution >= 0.6 is 7.60 Å². The summed E-state index contributed by atoms with van der Waals surface area (Å²) < 4.78 is 25.0. The SMILES string of the molecule is CCOP(=O)(OCC)c1ccc(C(C)(C)C(=O)Nc2cnc(-n3cccn3)nc2O)cc1. The van der Waals surface area contributed by atoms with Gasteiger partial charge in [0, 0.05) is 12.4 Å². The van der Waals surface area contributed by atoms with Gasteiger partial charge in [0.25, 0.3) is 5.95 Å². The largest absolute Gasteiger partial charge is 0.492 e. The molecule has 0 saturated carbocycles. The van der Waals surface area contributed by atoms with Crippen molar-refractivity contribution in [2.75, 3.05) is 18.5 Å². The van der Waals surface area contributed by atoms with Crippen molar-refractivity contribution in [1.29, 1.82) is 0 Å². The van der Waals surface area contributed by atoms with Gasteiger partial charge in [0.15, 0.2) is 0 Å². The predicted molar refractivity (Wildman–Crippen MR) is 119 cm³/mol. The fourth-order valence-electron chi connectivity index (χ4n) is 2.95. The Kier molecular flexibility index (Phi) is 7.08. The highest BCUT2D eigenvalue weighted by Gasteiger charge is 2.32. The number of benzene rings is 1. The summed E-state index contributed by atoms with van der Waals surface area (Å²) in [5.74, 6) is -0.582. The molecule has 2 heterocycles. The molecular weight excluding hydrogens is 433 g/mol. The van der Waals surface area contributed by atoms with E-state index in [1.807, 2.05) is 0 Å². The zero-order valence-electron chi connectivity index (χ0n) is 18.3. The first-order valence-electron chi connectivity index (χ1n) is 10.1. The lowest BCUT2D eigenvalue weighted by Gasteiger charge is -2.25. The van der Waals surface area contributed by atoms with E-state index >= 15 is 0 Å². The Morgan fingerprint density at radius 2 is 1.84 bits per heavy atom. The monoisotopic (exact) mass is 459 g/mol. The van der Waals surface area contributed by atoms with E-state index in [2.05, 4.69) is 20.4 Å². The Bertz CT molecular complexity index is 1110. The van der Waals surface area contributed by atoms with Crippen molar-refractivity contribution in [1.82, 2.24) is 19.7 Å². The minimum Gasteiger partial charge on any atom is -0.492 e. The van der Waals surface area contributed by atoms with Gasteiger partial charge in [0.1, 0.15) is 5.69 Å². The Labute approximate surface area is 186 Å². The molecular formula is C21H26N5O5P. The van der Waals surface area contributed by atoms with Crippen LogP contribution in [-0.2, 0) is 23.8 Å². The average molecular weight is 459 g/mol. The Balaban J connectivity index is 1.79. The summed E-state index contributed by atoms with van der Waals surface area (Å²) in [6.07, 6.45) is 4.51. The van der Waals surface area contributed by atoms with E-state index in [9.17, 15) is 14.5 Å². The predicted octanol–water partition coefficient (Wildman–Crippen LogP) is 3.18. The van der Waals surface area contributed by atoms with Gasteiger partial charge in [-0.3, -0.25) is 9.36 Å². The zero-order chi connectivity index (χ0) is 23.4. The summed E-state index contributed by atoms with van der Waals surface area (Å²) in [4.78, 5) is 21.1. The van der Waals surface area contributed by atoms with Gasteiger partial charge >= 0.3 is 7.60 Å². The van der Waals surface area contributed by atoms with E-state index in [1.165, 1.54) is 10.9 Å². The number of rotatable bonds is 9. The molecule has 2 N–H and O–H groups in total. The van der Waals surface area contributed by atoms with E-state index < -0.39 is 13.0 Å². The molecule has 11 heteroatoms. The van der Waals surface area contributed by atoms with E-state index in [0.29, 0.717) is 10.9 Å². The summed E-state index contributed by atoms with van der Waals surface area (Å²) in [5, 5.41) is 17.3. The quantitative estimate of drug-likeness (QED) is 0.467. The molecule has 2 aromatic heterocycles. The van der Waals surface area contributed by atoms with Crippen molar-refractivity contribution < 1.29 is 23.5 Å². The highest BCUT2D eigenvalue weighted by atomic mass is 31.2. The van der Waals surface area contributed by atoms with E-state index in [1.54, 1.807) is 70.4 Å². The molecule has 1 aromatic carbocycles. The lowest BCUT2D eigenvalue weighted by molar-refractivity contribution is -0.120. The number of nitrogens with zero attached hydrogens (tertiary/aromatic N) is 4. The van der Waals surface area contributed by atoms with Crippen molar-refractivity contribution in [2.45, 2.75) is 33.1 Å². The number of hydrogen-bond acceptors (Lipinski definition) is 8. The van der Waals surface area contributed by atoms with Gasteiger partial charge in [-0.25, -0.2) is 9.67 Å².